The SMILES string of the molecule is COc1ccc(F)cc1C(=O)CSc1nnc(COc2ccccc2F)n1-c1ccccc1. The van der Waals surface area contributed by atoms with Crippen molar-refractivity contribution < 1.29 is 23.0 Å². The predicted octanol–water partition coefficient (Wildman–Crippen LogP) is 5.11. The lowest BCUT2D eigenvalue weighted by Gasteiger charge is -2.12. The summed E-state index contributed by atoms with van der Waals surface area (Å²) in [4.78, 5) is 12.8. The normalized spacial score (nSPS) is 10.8. The highest BCUT2D eigenvalue weighted by atomic mass is 32.2. The third-order valence-corrected chi connectivity index (χ3v) is 5.63. The number of thioether (sulfide) groups is 1. The molecule has 6 nitrogen and oxygen atoms in total. The van der Waals surface area contributed by atoms with Crippen LogP contribution in [-0.4, -0.2) is 33.4 Å². The lowest BCUT2D eigenvalue weighted by atomic mass is 10.1. The third kappa shape index (κ3) is 5.20. The zero-order chi connectivity index (χ0) is 23.2. The van der Waals surface area contributed by atoms with Gasteiger partial charge in [-0.05, 0) is 42.5 Å². The first-order chi connectivity index (χ1) is 16.1. The number of halogens is 2. The monoisotopic (exact) mass is 467 g/mol. The van der Waals surface area contributed by atoms with Gasteiger partial charge in [-0.3, -0.25) is 9.36 Å². The Morgan fingerprint density at radius 3 is 2.48 bits per heavy atom. The first kappa shape index (κ1) is 22.5. The molecule has 0 N–H and O–H groups in total. The number of methoxy groups -OCH3 is 1. The van der Waals surface area contributed by atoms with Gasteiger partial charge in [-0.15, -0.1) is 10.2 Å². The molecule has 3 aromatic carbocycles. The molecule has 0 saturated heterocycles. The van der Waals surface area contributed by atoms with E-state index < -0.39 is 11.6 Å². The van der Waals surface area contributed by atoms with Crippen molar-refractivity contribution in [1.29, 1.82) is 0 Å². The van der Waals surface area contributed by atoms with Crippen molar-refractivity contribution in [3.63, 3.8) is 0 Å². The topological polar surface area (TPSA) is 66.2 Å². The van der Waals surface area contributed by atoms with Crippen LogP contribution in [0.2, 0.25) is 0 Å². The van der Waals surface area contributed by atoms with Crippen LogP contribution in [0.4, 0.5) is 8.78 Å². The Kier molecular flexibility index (Phi) is 6.99. The number of para-hydroxylation sites is 2. The maximum atomic E-state index is 13.9. The van der Waals surface area contributed by atoms with Gasteiger partial charge in [-0.2, -0.15) is 0 Å². The number of rotatable bonds is 9. The molecule has 0 saturated carbocycles. The van der Waals surface area contributed by atoms with Gasteiger partial charge in [0.05, 0.1) is 18.4 Å². The molecule has 0 bridgehead atoms. The molecule has 0 atom stereocenters. The van der Waals surface area contributed by atoms with Crippen LogP contribution in [0.5, 0.6) is 11.5 Å². The third-order valence-electron chi connectivity index (χ3n) is 4.70. The Morgan fingerprint density at radius 2 is 1.73 bits per heavy atom. The largest absolute Gasteiger partial charge is 0.496 e. The van der Waals surface area contributed by atoms with Crippen LogP contribution in [0.15, 0.2) is 78.0 Å². The first-order valence-corrected chi connectivity index (χ1v) is 10.9. The van der Waals surface area contributed by atoms with Crippen LogP contribution in [0.25, 0.3) is 5.69 Å². The van der Waals surface area contributed by atoms with Gasteiger partial charge >= 0.3 is 0 Å². The summed E-state index contributed by atoms with van der Waals surface area (Å²) in [5.41, 5.74) is 0.909. The van der Waals surface area contributed by atoms with Crippen molar-refractivity contribution in [2.45, 2.75) is 11.8 Å². The minimum absolute atomic E-state index is 0.0149. The Bertz CT molecular complexity index is 1270. The number of benzene rings is 3. The van der Waals surface area contributed by atoms with E-state index in [2.05, 4.69) is 10.2 Å². The zero-order valence-electron chi connectivity index (χ0n) is 17.6. The fourth-order valence-corrected chi connectivity index (χ4v) is 3.99. The second-order valence-electron chi connectivity index (χ2n) is 6.85. The smallest absolute Gasteiger partial charge is 0.196 e. The van der Waals surface area contributed by atoms with Crippen LogP contribution in [0.3, 0.4) is 0 Å². The summed E-state index contributed by atoms with van der Waals surface area (Å²) in [6.07, 6.45) is 0. The quantitative estimate of drug-likeness (QED) is 0.252. The fourth-order valence-electron chi connectivity index (χ4n) is 3.13. The minimum atomic E-state index is -0.524. The fraction of sp³-hybridized carbons (Fsp3) is 0.125. The average Bonchev–Trinajstić information content (AvgIpc) is 3.25. The molecular formula is C24H19F2N3O3S. The van der Waals surface area contributed by atoms with Gasteiger partial charge in [0, 0.05) is 5.69 Å². The molecule has 1 heterocycles. The molecule has 0 radical (unpaired) electrons. The molecular weight excluding hydrogens is 448 g/mol. The summed E-state index contributed by atoms with van der Waals surface area (Å²) in [6, 6.07) is 19.2. The molecule has 0 aliphatic carbocycles. The first-order valence-electron chi connectivity index (χ1n) is 9.93. The van der Waals surface area contributed by atoms with Crippen molar-refractivity contribution >= 4 is 17.5 Å². The van der Waals surface area contributed by atoms with E-state index in [1.165, 1.54) is 31.4 Å². The second-order valence-corrected chi connectivity index (χ2v) is 7.79. The van der Waals surface area contributed by atoms with E-state index in [9.17, 15) is 13.6 Å². The summed E-state index contributed by atoms with van der Waals surface area (Å²) in [5, 5.41) is 8.82. The van der Waals surface area contributed by atoms with E-state index in [4.69, 9.17) is 9.47 Å². The molecule has 0 spiro atoms. The van der Waals surface area contributed by atoms with Gasteiger partial charge in [0.2, 0.25) is 0 Å². The van der Waals surface area contributed by atoms with Crippen LogP contribution in [0, 0.1) is 11.6 Å². The molecule has 4 rings (SSSR count). The van der Waals surface area contributed by atoms with E-state index >= 15 is 0 Å². The number of aromatic nitrogens is 3. The molecule has 33 heavy (non-hydrogen) atoms. The molecule has 0 aliphatic heterocycles. The van der Waals surface area contributed by atoms with Crippen LogP contribution in [-0.2, 0) is 6.61 Å². The number of hydrogen-bond acceptors (Lipinski definition) is 6. The van der Waals surface area contributed by atoms with Crippen molar-refractivity contribution in [3.05, 3.63) is 95.8 Å². The maximum absolute atomic E-state index is 13.9. The van der Waals surface area contributed by atoms with E-state index in [1.54, 1.807) is 16.7 Å². The van der Waals surface area contributed by atoms with E-state index in [0.29, 0.717) is 16.7 Å². The number of Topliss-reactive ketones (excluding diaryl/α,β-unsaturated/α-hetero) is 1. The van der Waals surface area contributed by atoms with E-state index in [1.807, 2.05) is 30.3 Å². The molecule has 4 aromatic rings. The maximum Gasteiger partial charge on any atom is 0.196 e. The molecule has 9 heteroatoms. The summed E-state index contributed by atoms with van der Waals surface area (Å²) in [6.45, 7) is -0.0327. The number of ether oxygens (including phenoxy) is 2. The minimum Gasteiger partial charge on any atom is -0.496 e. The van der Waals surface area contributed by atoms with Crippen LogP contribution < -0.4 is 9.47 Å². The number of carbonyl (C=O) groups excluding carboxylic acids is 1. The van der Waals surface area contributed by atoms with Crippen molar-refractivity contribution in [2.75, 3.05) is 12.9 Å². The lowest BCUT2D eigenvalue weighted by Crippen LogP contribution is -2.09. The van der Waals surface area contributed by atoms with Gasteiger partial charge in [0.25, 0.3) is 0 Å². The zero-order valence-corrected chi connectivity index (χ0v) is 18.4. The lowest BCUT2D eigenvalue weighted by molar-refractivity contribution is 0.101. The highest BCUT2D eigenvalue weighted by Gasteiger charge is 2.19. The van der Waals surface area contributed by atoms with Gasteiger partial charge in [0.15, 0.2) is 28.3 Å². The summed E-state index contributed by atoms with van der Waals surface area (Å²) >= 11 is 1.15. The van der Waals surface area contributed by atoms with E-state index in [-0.39, 0.29) is 29.5 Å². The summed E-state index contributed by atoms with van der Waals surface area (Å²) < 4.78 is 40.1. The van der Waals surface area contributed by atoms with Gasteiger partial charge in [-0.25, -0.2) is 8.78 Å². The summed E-state index contributed by atoms with van der Waals surface area (Å²) in [5.74, 6) is -0.505. The molecule has 168 valence electrons. The predicted molar refractivity (Wildman–Crippen MR) is 120 cm³/mol. The van der Waals surface area contributed by atoms with Crippen molar-refractivity contribution in [2.24, 2.45) is 0 Å². The standard InChI is InChI=1S/C24H19F2N3O3S/c1-31-21-12-11-16(25)13-18(21)20(30)15-33-24-28-27-23(29(24)17-7-3-2-4-8-17)14-32-22-10-6-5-9-19(22)26/h2-13H,14-15H2,1H3. The Labute approximate surface area is 193 Å². The Balaban J connectivity index is 1.57. The molecule has 0 unspecified atom stereocenters. The van der Waals surface area contributed by atoms with Gasteiger partial charge in [-0.1, -0.05) is 42.1 Å². The number of ketones is 1. The highest BCUT2D eigenvalue weighted by molar-refractivity contribution is 7.99. The van der Waals surface area contributed by atoms with Crippen LogP contribution in [0.1, 0.15) is 16.2 Å². The molecule has 0 fully saturated rings. The van der Waals surface area contributed by atoms with E-state index in [0.717, 1.165) is 23.5 Å². The van der Waals surface area contributed by atoms with Crippen molar-refractivity contribution in [3.8, 4) is 17.2 Å². The number of carbonyl (C=O) groups is 1. The Hall–Kier alpha value is -3.72. The highest BCUT2D eigenvalue weighted by Crippen LogP contribution is 2.27. The Morgan fingerprint density at radius 1 is 0.970 bits per heavy atom. The van der Waals surface area contributed by atoms with Gasteiger partial charge in [0.1, 0.15) is 18.2 Å². The molecule has 0 amide bonds. The van der Waals surface area contributed by atoms with Crippen LogP contribution >= 0.6 is 11.8 Å². The number of nitrogens with zero attached hydrogens (tertiary/aromatic N) is 3. The molecule has 1 aromatic heterocycles. The second kappa shape index (κ2) is 10.3. The van der Waals surface area contributed by atoms with Crippen molar-refractivity contribution in [1.82, 2.24) is 14.8 Å². The molecule has 0 aliphatic rings. The summed E-state index contributed by atoms with van der Waals surface area (Å²) in [7, 11) is 1.42. The van der Waals surface area contributed by atoms with Gasteiger partial charge < -0.3 is 9.47 Å². The number of hydrogen-bond donors (Lipinski definition) is 0. The average molecular weight is 467 g/mol.